The Kier molecular flexibility index (Phi) is 3.50. The number of anilines is 2. The number of fused-ring (bicyclic) bond motifs is 1. The minimum atomic E-state index is -3.70. The van der Waals surface area contributed by atoms with Gasteiger partial charge in [-0.3, -0.25) is 4.90 Å². The van der Waals surface area contributed by atoms with Crippen LogP contribution in [0.3, 0.4) is 0 Å². The topological polar surface area (TPSA) is 68.7 Å². The van der Waals surface area contributed by atoms with E-state index in [1.165, 1.54) is 12.1 Å². The van der Waals surface area contributed by atoms with Crippen LogP contribution in [-0.4, -0.2) is 61.2 Å². The Labute approximate surface area is 203 Å². The van der Waals surface area contributed by atoms with Crippen molar-refractivity contribution in [3.8, 4) is 11.5 Å². The van der Waals surface area contributed by atoms with Gasteiger partial charge in [0.25, 0.3) is 0 Å². The molecule has 1 N–H and O–H groups in total. The highest BCUT2D eigenvalue weighted by molar-refractivity contribution is 6.31. The van der Waals surface area contributed by atoms with Crippen molar-refractivity contribution in [1.82, 2.24) is 14.9 Å². The standard InChI is InChI=1S/C22H24ClFN4O3/c1-29-20-13-19-16(12-21(20)31-8-2-5-28-6-9-30-10-7-28)22(26-14-25-19)27-15-3-4-18(24)17(23)11-15/h3-4,11-14H,2,5-10H2,1H3,(H,25,26,27)/i2D2,5D2,8D2,9D2,10D2,12D,13D,14D. The van der Waals surface area contributed by atoms with Crippen molar-refractivity contribution >= 4 is 34.0 Å². The van der Waals surface area contributed by atoms with Crippen LogP contribution in [0.2, 0.25) is 5.02 Å². The quantitative estimate of drug-likeness (QED) is 0.539. The van der Waals surface area contributed by atoms with Gasteiger partial charge >= 0.3 is 0 Å². The predicted octanol–water partition coefficient (Wildman–Crippen LogP) is 4.28. The van der Waals surface area contributed by atoms with Crippen molar-refractivity contribution in [2.24, 2.45) is 0 Å². The molecule has 4 rings (SSSR count). The third-order valence-corrected chi connectivity index (χ3v) is 4.22. The van der Waals surface area contributed by atoms with Crippen LogP contribution in [0.4, 0.5) is 15.9 Å². The monoisotopic (exact) mass is 459 g/mol. The fourth-order valence-corrected chi connectivity index (χ4v) is 2.67. The Morgan fingerprint density at radius 1 is 1.32 bits per heavy atom. The molecule has 0 amide bonds. The molecule has 9 heteroatoms. The van der Waals surface area contributed by atoms with Gasteiger partial charge in [-0.25, -0.2) is 14.4 Å². The average Bonchev–Trinajstić information content (AvgIpc) is 2.87. The minimum Gasteiger partial charge on any atom is -0.493 e. The number of morpholine rings is 1. The summed E-state index contributed by atoms with van der Waals surface area (Å²) in [7, 11) is 1.04. The molecule has 1 aromatic heterocycles. The molecule has 0 aliphatic carbocycles. The summed E-state index contributed by atoms with van der Waals surface area (Å²) >= 11 is 5.84. The Hall–Kier alpha value is -2.68. The van der Waals surface area contributed by atoms with E-state index >= 15 is 0 Å². The van der Waals surface area contributed by atoms with Crippen LogP contribution in [0.5, 0.6) is 11.5 Å². The molecule has 2 aromatic carbocycles. The molecule has 0 saturated carbocycles. The van der Waals surface area contributed by atoms with Gasteiger partial charge < -0.3 is 19.5 Å². The fourth-order valence-electron chi connectivity index (χ4n) is 2.49. The van der Waals surface area contributed by atoms with E-state index in [1.807, 2.05) is 0 Å². The third kappa shape index (κ3) is 5.33. The number of halogens is 2. The zero-order chi connectivity index (χ0) is 33.2. The molecule has 1 aliphatic heterocycles. The molecular weight excluding hydrogens is 423 g/mol. The van der Waals surface area contributed by atoms with E-state index in [-0.39, 0.29) is 27.4 Å². The summed E-state index contributed by atoms with van der Waals surface area (Å²) in [5.41, 5.74) is -0.184. The van der Waals surface area contributed by atoms with Crippen LogP contribution >= 0.6 is 11.6 Å². The Balaban J connectivity index is 1.83. The molecular formula is C22H24ClFN4O3. The zero-order valence-corrected chi connectivity index (χ0v) is 16.7. The van der Waals surface area contributed by atoms with Crippen LogP contribution in [0.15, 0.2) is 36.6 Å². The third-order valence-electron chi connectivity index (χ3n) is 3.93. The molecule has 0 unspecified atom stereocenters. The van der Waals surface area contributed by atoms with Gasteiger partial charge in [-0.1, -0.05) is 11.6 Å². The average molecular weight is 460 g/mol. The molecule has 0 bridgehead atoms. The lowest BCUT2D eigenvalue weighted by molar-refractivity contribution is 0.0357. The number of methoxy groups -OCH3 is 1. The summed E-state index contributed by atoms with van der Waals surface area (Å²) in [6.07, 6.45) is -4.31. The minimum absolute atomic E-state index is 0.144. The number of ether oxygens (including phenoxy) is 3. The summed E-state index contributed by atoms with van der Waals surface area (Å²) in [6, 6.07) is 2.07. The van der Waals surface area contributed by atoms with Gasteiger partial charge in [-0.15, -0.1) is 0 Å². The van der Waals surface area contributed by atoms with Gasteiger partial charge in [0.2, 0.25) is 0 Å². The lowest BCUT2D eigenvalue weighted by Crippen LogP contribution is -2.37. The summed E-state index contributed by atoms with van der Waals surface area (Å²) in [6.45, 7) is -14.6. The Morgan fingerprint density at radius 3 is 2.94 bits per heavy atom. The maximum Gasteiger partial charge on any atom is 0.162 e. The van der Waals surface area contributed by atoms with E-state index < -0.39 is 81.3 Å². The normalized spacial score (nSPS) is 25.3. The molecule has 0 spiro atoms. The molecule has 2 heterocycles. The molecule has 3 aromatic rings. The van der Waals surface area contributed by atoms with Gasteiger partial charge in [0.15, 0.2) is 11.5 Å². The fraction of sp³-hybridized carbons (Fsp3) is 0.364. The number of nitrogens with one attached hydrogen (secondary N) is 1. The van der Waals surface area contributed by atoms with E-state index in [4.69, 9.17) is 38.9 Å². The summed E-state index contributed by atoms with van der Waals surface area (Å²) < 4.78 is 136. The van der Waals surface area contributed by atoms with Gasteiger partial charge in [-0.05, 0) is 30.6 Å². The highest BCUT2D eigenvalue weighted by atomic mass is 35.5. The van der Waals surface area contributed by atoms with E-state index in [0.29, 0.717) is 4.90 Å². The molecule has 1 saturated heterocycles. The van der Waals surface area contributed by atoms with E-state index in [1.54, 1.807) is 0 Å². The highest BCUT2D eigenvalue weighted by Gasteiger charge is 2.14. The summed E-state index contributed by atoms with van der Waals surface area (Å²) in [4.78, 5) is 8.18. The molecule has 1 aliphatic rings. The maximum absolute atomic E-state index is 13.7. The molecule has 31 heavy (non-hydrogen) atoms. The molecule has 0 atom stereocenters. The maximum atomic E-state index is 13.7. The number of nitrogens with zero attached hydrogens (tertiary/aromatic N) is 3. The molecule has 7 nitrogen and oxygen atoms in total. The van der Waals surface area contributed by atoms with Crippen LogP contribution in [0.1, 0.15) is 24.2 Å². The van der Waals surface area contributed by atoms with Gasteiger partial charge in [-0.2, -0.15) is 0 Å². The number of hydrogen-bond acceptors (Lipinski definition) is 7. The van der Waals surface area contributed by atoms with Gasteiger partial charge in [0.05, 0.1) is 48.3 Å². The second kappa shape index (κ2) is 10.1. The van der Waals surface area contributed by atoms with Crippen molar-refractivity contribution in [3.63, 3.8) is 0 Å². The first kappa shape index (κ1) is 10.8. The molecule has 0 radical (unpaired) electrons. The molecule has 1 fully saturated rings. The number of aromatic nitrogens is 2. The molecule has 164 valence electrons. The summed E-state index contributed by atoms with van der Waals surface area (Å²) in [5.74, 6) is -2.51. The lowest BCUT2D eigenvalue weighted by Gasteiger charge is -2.26. The largest absolute Gasteiger partial charge is 0.493 e. The van der Waals surface area contributed by atoms with Crippen LogP contribution < -0.4 is 14.8 Å². The van der Waals surface area contributed by atoms with Crippen molar-refractivity contribution in [2.45, 2.75) is 6.37 Å². The SMILES string of the molecule is [2H]c1nc(Nc2ccc(F)c(Cl)c2)c2c([2H])c(OC([2H])([2H])C([2H])([2H])C([2H])([2H])N3CC([2H])([2H])OC([2H])([2H])C3)c(OC)c([2H])c2n1. The lowest BCUT2D eigenvalue weighted by atomic mass is 10.2. The van der Waals surface area contributed by atoms with E-state index in [9.17, 15) is 4.39 Å². The smallest absolute Gasteiger partial charge is 0.162 e. The Bertz CT molecular complexity index is 1600. The van der Waals surface area contributed by atoms with Crippen LogP contribution in [-0.2, 0) is 4.74 Å². The second-order valence-electron chi connectivity index (χ2n) is 5.95. The van der Waals surface area contributed by atoms with Gasteiger partial charge in [0, 0.05) is 42.2 Å². The van der Waals surface area contributed by atoms with Crippen molar-refractivity contribution in [1.29, 1.82) is 0 Å². The number of hydrogen-bond donors (Lipinski definition) is 1. The zero-order valence-electron chi connectivity index (χ0n) is 29.0. The first-order valence-corrected chi connectivity index (χ1v) is 9.13. The first-order valence-electron chi connectivity index (χ1n) is 15.3. The van der Waals surface area contributed by atoms with E-state index in [0.717, 1.165) is 13.2 Å². The predicted molar refractivity (Wildman–Crippen MR) is 118 cm³/mol. The summed E-state index contributed by atoms with van der Waals surface area (Å²) in [5, 5.41) is 2.13. The Morgan fingerprint density at radius 2 is 2.16 bits per heavy atom. The number of benzene rings is 2. The highest BCUT2D eigenvalue weighted by Crippen LogP contribution is 2.35. The second-order valence-corrected chi connectivity index (χ2v) is 6.36. The number of rotatable bonds is 8. The van der Waals surface area contributed by atoms with Crippen molar-refractivity contribution in [3.05, 3.63) is 47.4 Å². The first-order chi connectivity index (χ1) is 20.0. The van der Waals surface area contributed by atoms with E-state index in [2.05, 4.69) is 20.0 Å². The van der Waals surface area contributed by atoms with Crippen LogP contribution in [0, 0.1) is 5.82 Å². The van der Waals surface area contributed by atoms with Crippen molar-refractivity contribution in [2.75, 3.05) is 51.7 Å². The van der Waals surface area contributed by atoms with Gasteiger partial charge in [0.1, 0.15) is 19.3 Å². The van der Waals surface area contributed by atoms with Crippen LogP contribution in [0.25, 0.3) is 10.9 Å². The van der Waals surface area contributed by atoms with Crippen molar-refractivity contribution < 1.29 is 36.4 Å².